The number of nitro groups is 1. The molecule has 0 unspecified atom stereocenters. The summed E-state index contributed by atoms with van der Waals surface area (Å²) < 4.78 is 5.38. The molecule has 188 valence electrons. The Labute approximate surface area is 214 Å². The minimum absolute atomic E-state index is 0.0995. The first kappa shape index (κ1) is 24.2. The third-order valence-corrected chi connectivity index (χ3v) is 6.96. The van der Waals surface area contributed by atoms with Gasteiger partial charge in [0.2, 0.25) is 5.78 Å². The Morgan fingerprint density at radius 2 is 1.70 bits per heavy atom. The summed E-state index contributed by atoms with van der Waals surface area (Å²) >= 11 is 0. The summed E-state index contributed by atoms with van der Waals surface area (Å²) in [7, 11) is 0. The molecule has 1 N–H and O–H groups in total. The molecular weight excluding hydrogens is 470 g/mol. The van der Waals surface area contributed by atoms with Gasteiger partial charge in [0.25, 0.3) is 5.69 Å². The summed E-state index contributed by atoms with van der Waals surface area (Å²) in [6.45, 7) is 0.996. The average molecular weight is 498 g/mol. The van der Waals surface area contributed by atoms with Crippen LogP contribution in [0.2, 0.25) is 0 Å². The summed E-state index contributed by atoms with van der Waals surface area (Å²) in [5.74, 6) is -0.571. The standard InChI is InChI=1S/C29H27N3O5/c33-28(25-18-30-26-9-5-4-8-23(25)26)19-37-29(34)24-17-22(32(35)36)10-11-27(24)31-14-12-21(13-15-31)16-20-6-2-1-3-7-20/h1-11,17-18,21,30H,12-16,19H2. The zero-order valence-electron chi connectivity index (χ0n) is 20.3. The quantitative estimate of drug-likeness (QED) is 0.148. The molecule has 8 nitrogen and oxygen atoms in total. The van der Waals surface area contributed by atoms with Crippen molar-refractivity contribution in [2.45, 2.75) is 19.3 Å². The van der Waals surface area contributed by atoms with Crippen LogP contribution in [0.4, 0.5) is 11.4 Å². The number of ether oxygens (including phenoxy) is 1. The average Bonchev–Trinajstić information content (AvgIpc) is 3.36. The molecule has 4 aromatic rings. The molecular formula is C29H27N3O5. The van der Waals surface area contributed by atoms with Crippen molar-refractivity contribution >= 4 is 34.0 Å². The Balaban J connectivity index is 1.29. The second-order valence-corrected chi connectivity index (χ2v) is 9.33. The van der Waals surface area contributed by atoms with Crippen LogP contribution in [0, 0.1) is 16.0 Å². The van der Waals surface area contributed by atoms with E-state index in [4.69, 9.17) is 4.74 Å². The summed E-state index contributed by atoms with van der Waals surface area (Å²) in [5.41, 5.74) is 3.05. The maximum Gasteiger partial charge on any atom is 0.340 e. The maximum atomic E-state index is 13.1. The van der Waals surface area contributed by atoms with Crippen molar-refractivity contribution in [1.29, 1.82) is 0 Å². The fourth-order valence-corrected chi connectivity index (χ4v) is 4.99. The molecule has 3 aromatic carbocycles. The number of hydrogen-bond donors (Lipinski definition) is 1. The van der Waals surface area contributed by atoms with Crippen LogP contribution in [0.25, 0.3) is 10.9 Å². The van der Waals surface area contributed by atoms with Crippen LogP contribution < -0.4 is 4.90 Å². The van der Waals surface area contributed by atoms with Gasteiger partial charge in [-0.25, -0.2) is 4.79 Å². The van der Waals surface area contributed by atoms with Crippen LogP contribution in [0.15, 0.2) is 79.0 Å². The van der Waals surface area contributed by atoms with Crippen LogP contribution in [-0.4, -0.2) is 41.4 Å². The second-order valence-electron chi connectivity index (χ2n) is 9.33. The summed E-state index contributed by atoms with van der Waals surface area (Å²) in [5, 5.41) is 12.2. The largest absolute Gasteiger partial charge is 0.454 e. The summed E-state index contributed by atoms with van der Waals surface area (Å²) in [4.78, 5) is 41.9. The summed E-state index contributed by atoms with van der Waals surface area (Å²) in [6.07, 6.45) is 4.48. The molecule has 8 heteroatoms. The molecule has 0 aliphatic carbocycles. The molecule has 2 heterocycles. The number of nitrogens with one attached hydrogen (secondary N) is 1. The number of Topliss-reactive ketones (excluding diaryl/α,β-unsaturated/α-hetero) is 1. The highest BCUT2D eigenvalue weighted by molar-refractivity contribution is 6.09. The first-order valence-corrected chi connectivity index (χ1v) is 12.3. The molecule has 0 radical (unpaired) electrons. The van der Waals surface area contributed by atoms with E-state index in [2.05, 4.69) is 22.0 Å². The number of nitro benzene ring substituents is 1. The first-order valence-electron chi connectivity index (χ1n) is 12.3. The van der Waals surface area contributed by atoms with E-state index >= 15 is 0 Å². The number of aromatic nitrogens is 1. The van der Waals surface area contributed by atoms with E-state index in [9.17, 15) is 19.7 Å². The lowest BCUT2D eigenvalue weighted by Crippen LogP contribution is -2.35. The number of ketones is 1. The highest BCUT2D eigenvalue weighted by atomic mass is 16.6. The molecule has 0 bridgehead atoms. The Bertz CT molecular complexity index is 1440. The highest BCUT2D eigenvalue weighted by Crippen LogP contribution is 2.31. The molecule has 1 fully saturated rings. The number of benzene rings is 3. The van der Waals surface area contributed by atoms with E-state index in [-0.39, 0.29) is 17.0 Å². The zero-order chi connectivity index (χ0) is 25.8. The number of carbonyl (C=O) groups is 2. The number of nitrogens with zero attached hydrogens (tertiary/aromatic N) is 2. The van der Waals surface area contributed by atoms with Gasteiger partial charge in [0.1, 0.15) is 0 Å². The second kappa shape index (κ2) is 10.7. The molecule has 1 aliphatic heterocycles. The molecule has 5 rings (SSSR count). The predicted octanol–water partition coefficient (Wildman–Crippen LogP) is 5.57. The number of fused-ring (bicyclic) bond motifs is 1. The molecule has 0 atom stereocenters. The number of hydrogen-bond acceptors (Lipinski definition) is 6. The number of H-pyrrole nitrogens is 1. The van der Waals surface area contributed by atoms with Crippen molar-refractivity contribution in [2.75, 3.05) is 24.6 Å². The molecule has 37 heavy (non-hydrogen) atoms. The Morgan fingerprint density at radius 1 is 0.973 bits per heavy atom. The molecule has 0 spiro atoms. The van der Waals surface area contributed by atoms with E-state index in [1.54, 1.807) is 12.3 Å². The minimum atomic E-state index is -0.752. The van der Waals surface area contributed by atoms with Crippen molar-refractivity contribution in [3.05, 3.63) is 106 Å². The van der Waals surface area contributed by atoms with Gasteiger partial charge in [0, 0.05) is 47.9 Å². The number of rotatable bonds is 8. The van der Waals surface area contributed by atoms with Crippen molar-refractivity contribution < 1.29 is 19.2 Å². The number of piperidine rings is 1. The lowest BCUT2D eigenvalue weighted by Gasteiger charge is -2.34. The lowest BCUT2D eigenvalue weighted by molar-refractivity contribution is -0.384. The number of para-hydroxylation sites is 1. The van der Waals surface area contributed by atoms with Crippen molar-refractivity contribution in [3.8, 4) is 0 Å². The normalized spacial score (nSPS) is 14.0. The Hall–Kier alpha value is -4.46. The summed E-state index contributed by atoms with van der Waals surface area (Å²) in [6, 6.07) is 22.0. The fourth-order valence-electron chi connectivity index (χ4n) is 4.99. The fraction of sp³-hybridized carbons (Fsp3) is 0.241. The number of non-ortho nitro benzene ring substituents is 1. The van der Waals surface area contributed by atoms with Crippen molar-refractivity contribution in [2.24, 2.45) is 5.92 Å². The van der Waals surface area contributed by atoms with E-state index in [0.29, 0.717) is 17.2 Å². The van der Waals surface area contributed by atoms with Gasteiger partial charge in [-0.3, -0.25) is 14.9 Å². The minimum Gasteiger partial charge on any atom is -0.454 e. The van der Waals surface area contributed by atoms with Crippen LogP contribution in [0.1, 0.15) is 39.1 Å². The van der Waals surface area contributed by atoms with Crippen LogP contribution in [0.5, 0.6) is 0 Å². The smallest absolute Gasteiger partial charge is 0.340 e. The maximum absolute atomic E-state index is 13.1. The third kappa shape index (κ3) is 5.38. The van der Waals surface area contributed by atoms with Gasteiger partial charge in [-0.2, -0.15) is 0 Å². The van der Waals surface area contributed by atoms with Gasteiger partial charge in [-0.15, -0.1) is 0 Å². The third-order valence-electron chi connectivity index (χ3n) is 6.96. The SMILES string of the molecule is O=C(OCC(=O)c1c[nH]c2ccccc12)c1cc([N+](=O)[O-])ccc1N1CCC(Cc2ccccc2)CC1. The molecule has 0 saturated carbocycles. The Kier molecular flexibility index (Phi) is 6.98. The topological polar surface area (TPSA) is 106 Å². The van der Waals surface area contributed by atoms with E-state index < -0.39 is 17.5 Å². The van der Waals surface area contributed by atoms with Crippen LogP contribution >= 0.6 is 0 Å². The number of esters is 1. The van der Waals surface area contributed by atoms with E-state index in [0.717, 1.165) is 43.3 Å². The van der Waals surface area contributed by atoms with Gasteiger partial charge in [-0.05, 0) is 42.9 Å². The van der Waals surface area contributed by atoms with Crippen molar-refractivity contribution in [1.82, 2.24) is 4.98 Å². The monoisotopic (exact) mass is 497 g/mol. The first-order chi connectivity index (χ1) is 18.0. The molecule has 1 aliphatic rings. The highest BCUT2D eigenvalue weighted by Gasteiger charge is 2.26. The van der Waals surface area contributed by atoms with Gasteiger partial charge in [0.15, 0.2) is 6.61 Å². The van der Waals surface area contributed by atoms with Gasteiger partial charge >= 0.3 is 5.97 Å². The Morgan fingerprint density at radius 3 is 2.46 bits per heavy atom. The number of carbonyl (C=O) groups excluding carboxylic acids is 2. The van der Waals surface area contributed by atoms with Crippen molar-refractivity contribution in [3.63, 3.8) is 0 Å². The number of anilines is 1. The molecule has 0 amide bonds. The van der Waals surface area contributed by atoms with Crippen LogP contribution in [-0.2, 0) is 11.2 Å². The lowest BCUT2D eigenvalue weighted by atomic mass is 9.90. The predicted molar refractivity (Wildman–Crippen MR) is 141 cm³/mol. The molecule has 1 aromatic heterocycles. The molecule has 1 saturated heterocycles. The zero-order valence-corrected chi connectivity index (χ0v) is 20.3. The van der Waals surface area contributed by atoms with Gasteiger partial charge in [0.05, 0.1) is 16.2 Å². The van der Waals surface area contributed by atoms with Gasteiger partial charge < -0.3 is 14.6 Å². The van der Waals surface area contributed by atoms with E-state index in [1.807, 2.05) is 42.5 Å². The number of aromatic amines is 1. The van der Waals surface area contributed by atoms with E-state index in [1.165, 1.54) is 17.7 Å². The van der Waals surface area contributed by atoms with Gasteiger partial charge in [-0.1, -0.05) is 48.5 Å². The van der Waals surface area contributed by atoms with Crippen LogP contribution in [0.3, 0.4) is 0 Å².